The van der Waals surface area contributed by atoms with Crippen molar-refractivity contribution in [3.63, 3.8) is 0 Å². The van der Waals surface area contributed by atoms with Crippen LogP contribution in [0.4, 0.5) is 11.5 Å². The zero-order valence-corrected chi connectivity index (χ0v) is 11.1. The van der Waals surface area contributed by atoms with Crippen molar-refractivity contribution in [2.45, 2.75) is 6.54 Å². The van der Waals surface area contributed by atoms with Gasteiger partial charge in [-0.1, -0.05) is 29.3 Å². The molecule has 19 heavy (non-hydrogen) atoms. The standard InChI is InChI=1S/C12H9Cl2N3O2/c13-10-5-4-9(17(18)19)6-8(10)7-15-12-3-1-2-11(14)16-12/h1-6H,7H2,(H,15,16). The molecule has 0 saturated carbocycles. The number of hydrogen-bond acceptors (Lipinski definition) is 4. The summed E-state index contributed by atoms with van der Waals surface area (Å²) in [4.78, 5) is 14.3. The molecular weight excluding hydrogens is 289 g/mol. The van der Waals surface area contributed by atoms with Gasteiger partial charge in [-0.05, 0) is 23.8 Å². The molecule has 0 atom stereocenters. The summed E-state index contributed by atoms with van der Waals surface area (Å²) in [6.45, 7) is 0.327. The number of hydrogen-bond donors (Lipinski definition) is 1. The van der Waals surface area contributed by atoms with Crippen LogP contribution in [0.5, 0.6) is 0 Å². The largest absolute Gasteiger partial charge is 0.366 e. The van der Waals surface area contributed by atoms with Gasteiger partial charge in [0.25, 0.3) is 5.69 Å². The minimum Gasteiger partial charge on any atom is -0.366 e. The minimum absolute atomic E-state index is 0.000235. The lowest BCUT2D eigenvalue weighted by Gasteiger charge is -2.07. The molecule has 2 aromatic rings. The third-order valence-electron chi connectivity index (χ3n) is 2.42. The van der Waals surface area contributed by atoms with Crippen molar-refractivity contribution in [1.29, 1.82) is 0 Å². The number of nitrogens with one attached hydrogen (secondary N) is 1. The second kappa shape index (κ2) is 5.86. The predicted molar refractivity (Wildman–Crippen MR) is 74.7 cm³/mol. The molecule has 0 unspecified atom stereocenters. The molecule has 98 valence electrons. The minimum atomic E-state index is -0.461. The summed E-state index contributed by atoms with van der Waals surface area (Å²) in [6.07, 6.45) is 0. The number of nitrogens with zero attached hydrogens (tertiary/aromatic N) is 2. The molecule has 0 amide bonds. The van der Waals surface area contributed by atoms with Gasteiger partial charge in [-0.3, -0.25) is 10.1 Å². The van der Waals surface area contributed by atoms with Crippen LogP contribution in [-0.4, -0.2) is 9.91 Å². The van der Waals surface area contributed by atoms with E-state index in [-0.39, 0.29) is 5.69 Å². The lowest BCUT2D eigenvalue weighted by Crippen LogP contribution is -2.02. The molecule has 0 saturated heterocycles. The van der Waals surface area contributed by atoms with Gasteiger partial charge in [0.2, 0.25) is 0 Å². The maximum absolute atomic E-state index is 10.7. The number of nitro groups is 1. The van der Waals surface area contributed by atoms with Gasteiger partial charge in [0.15, 0.2) is 0 Å². The second-order valence-corrected chi connectivity index (χ2v) is 4.53. The Morgan fingerprint density at radius 1 is 1.26 bits per heavy atom. The molecule has 1 aromatic carbocycles. The Labute approximate surface area is 119 Å². The zero-order chi connectivity index (χ0) is 13.8. The Morgan fingerprint density at radius 3 is 2.74 bits per heavy atom. The fourth-order valence-electron chi connectivity index (χ4n) is 1.50. The van der Waals surface area contributed by atoms with E-state index in [1.165, 1.54) is 18.2 Å². The van der Waals surface area contributed by atoms with Crippen LogP contribution in [0.15, 0.2) is 36.4 Å². The highest BCUT2D eigenvalue weighted by atomic mass is 35.5. The maximum atomic E-state index is 10.7. The lowest BCUT2D eigenvalue weighted by molar-refractivity contribution is -0.384. The molecule has 0 fully saturated rings. The third-order valence-corrected chi connectivity index (χ3v) is 2.99. The van der Waals surface area contributed by atoms with Crippen LogP contribution >= 0.6 is 23.2 Å². The average Bonchev–Trinajstić information content (AvgIpc) is 2.37. The highest BCUT2D eigenvalue weighted by Gasteiger charge is 2.09. The summed E-state index contributed by atoms with van der Waals surface area (Å²) in [5.74, 6) is 0.579. The van der Waals surface area contributed by atoms with E-state index in [0.717, 1.165) is 0 Å². The van der Waals surface area contributed by atoms with Crippen molar-refractivity contribution in [2.24, 2.45) is 0 Å². The molecule has 0 spiro atoms. The molecule has 2 rings (SSSR count). The Balaban J connectivity index is 2.15. The molecular formula is C12H9Cl2N3O2. The monoisotopic (exact) mass is 297 g/mol. The van der Waals surface area contributed by atoms with Crippen LogP contribution in [0.3, 0.4) is 0 Å². The van der Waals surface area contributed by atoms with Crippen LogP contribution in [-0.2, 0) is 6.54 Å². The third kappa shape index (κ3) is 3.56. The van der Waals surface area contributed by atoms with Crippen molar-refractivity contribution in [2.75, 3.05) is 5.32 Å². The second-order valence-electron chi connectivity index (χ2n) is 3.73. The smallest absolute Gasteiger partial charge is 0.269 e. The molecule has 0 radical (unpaired) electrons. The normalized spacial score (nSPS) is 10.2. The summed E-state index contributed by atoms with van der Waals surface area (Å²) in [6, 6.07) is 9.46. The number of pyridine rings is 1. The van der Waals surface area contributed by atoms with Gasteiger partial charge >= 0.3 is 0 Å². The van der Waals surface area contributed by atoms with Crippen molar-refractivity contribution < 1.29 is 4.92 Å². The number of halogens is 2. The Kier molecular flexibility index (Phi) is 4.19. The Morgan fingerprint density at radius 2 is 2.05 bits per heavy atom. The average molecular weight is 298 g/mol. The van der Waals surface area contributed by atoms with E-state index in [1.807, 2.05) is 0 Å². The van der Waals surface area contributed by atoms with Gasteiger partial charge in [0, 0.05) is 23.7 Å². The molecule has 7 heteroatoms. The first-order valence-electron chi connectivity index (χ1n) is 5.35. The van der Waals surface area contributed by atoms with Crippen molar-refractivity contribution >= 4 is 34.7 Å². The molecule has 0 aliphatic rings. The fourth-order valence-corrected chi connectivity index (χ4v) is 1.85. The van der Waals surface area contributed by atoms with Gasteiger partial charge in [0.05, 0.1) is 4.92 Å². The first-order chi connectivity index (χ1) is 9.06. The molecule has 0 aliphatic heterocycles. The molecule has 0 bridgehead atoms. The van der Waals surface area contributed by atoms with Crippen LogP contribution in [0, 0.1) is 10.1 Å². The van der Waals surface area contributed by atoms with E-state index >= 15 is 0 Å². The summed E-state index contributed by atoms with van der Waals surface area (Å²) in [5, 5.41) is 14.5. The van der Waals surface area contributed by atoms with E-state index < -0.39 is 4.92 Å². The van der Waals surface area contributed by atoms with Crippen LogP contribution in [0.1, 0.15) is 5.56 Å². The van der Waals surface area contributed by atoms with Gasteiger partial charge < -0.3 is 5.32 Å². The van der Waals surface area contributed by atoms with E-state index in [0.29, 0.717) is 28.1 Å². The Hall–Kier alpha value is -1.85. The van der Waals surface area contributed by atoms with E-state index in [2.05, 4.69) is 10.3 Å². The van der Waals surface area contributed by atoms with E-state index in [4.69, 9.17) is 23.2 Å². The highest BCUT2D eigenvalue weighted by molar-refractivity contribution is 6.31. The SMILES string of the molecule is O=[N+]([O-])c1ccc(Cl)c(CNc2cccc(Cl)n2)c1. The van der Waals surface area contributed by atoms with Gasteiger partial charge in [-0.15, -0.1) is 0 Å². The molecule has 0 aliphatic carbocycles. The number of benzene rings is 1. The number of aromatic nitrogens is 1. The van der Waals surface area contributed by atoms with E-state index in [1.54, 1.807) is 18.2 Å². The number of anilines is 1. The predicted octanol–water partition coefficient (Wildman–Crippen LogP) is 3.91. The molecule has 1 heterocycles. The highest BCUT2D eigenvalue weighted by Crippen LogP contribution is 2.23. The summed E-state index contributed by atoms with van der Waals surface area (Å²) >= 11 is 11.7. The molecule has 1 aromatic heterocycles. The number of non-ortho nitro benzene ring substituents is 1. The van der Waals surface area contributed by atoms with Crippen LogP contribution < -0.4 is 5.32 Å². The van der Waals surface area contributed by atoms with Gasteiger partial charge in [0.1, 0.15) is 11.0 Å². The van der Waals surface area contributed by atoms with Gasteiger partial charge in [-0.2, -0.15) is 0 Å². The molecule has 5 nitrogen and oxygen atoms in total. The van der Waals surface area contributed by atoms with Gasteiger partial charge in [-0.25, -0.2) is 4.98 Å². The number of rotatable bonds is 4. The lowest BCUT2D eigenvalue weighted by atomic mass is 10.2. The van der Waals surface area contributed by atoms with Crippen LogP contribution in [0.25, 0.3) is 0 Å². The van der Waals surface area contributed by atoms with Crippen LogP contribution in [0.2, 0.25) is 10.2 Å². The quantitative estimate of drug-likeness (QED) is 0.528. The Bertz CT molecular complexity index is 620. The van der Waals surface area contributed by atoms with E-state index in [9.17, 15) is 10.1 Å². The molecule has 1 N–H and O–H groups in total. The van der Waals surface area contributed by atoms with Crippen molar-refractivity contribution in [3.05, 3.63) is 62.3 Å². The summed E-state index contributed by atoms with van der Waals surface area (Å²) in [7, 11) is 0. The summed E-state index contributed by atoms with van der Waals surface area (Å²) < 4.78 is 0. The zero-order valence-electron chi connectivity index (χ0n) is 9.64. The fraction of sp³-hybridized carbons (Fsp3) is 0.0833. The van der Waals surface area contributed by atoms with Crippen molar-refractivity contribution in [1.82, 2.24) is 4.98 Å². The van der Waals surface area contributed by atoms with Crippen molar-refractivity contribution in [3.8, 4) is 0 Å². The maximum Gasteiger partial charge on any atom is 0.269 e. The first-order valence-corrected chi connectivity index (χ1v) is 6.11. The summed E-state index contributed by atoms with van der Waals surface area (Å²) in [5.41, 5.74) is 0.623. The topological polar surface area (TPSA) is 68.1 Å². The number of nitro benzene ring substituents is 1. The first kappa shape index (κ1) is 13.6.